The van der Waals surface area contributed by atoms with Crippen LogP contribution in [0, 0.1) is 0 Å². The van der Waals surface area contributed by atoms with E-state index in [1.54, 1.807) is 43.5 Å². The Balaban J connectivity index is 1.84. The van der Waals surface area contributed by atoms with Crippen LogP contribution in [0.3, 0.4) is 0 Å². The van der Waals surface area contributed by atoms with Gasteiger partial charge in [0.15, 0.2) is 15.8 Å². The first kappa shape index (κ1) is 23.6. The average molecular weight is 542 g/mol. The number of nitrogens with one attached hydrogen (secondary N) is 1. The third-order valence-electron chi connectivity index (χ3n) is 4.03. The molecule has 1 aliphatic rings. The molecule has 1 fully saturated rings. The molecule has 0 unspecified atom stereocenters. The topological polar surface area (TPSA) is 67.9 Å². The van der Waals surface area contributed by atoms with Crippen molar-refractivity contribution in [2.45, 2.75) is 20.0 Å². The lowest BCUT2D eigenvalue weighted by molar-refractivity contribution is -0.123. The van der Waals surface area contributed by atoms with Crippen molar-refractivity contribution in [1.29, 1.82) is 0 Å². The van der Waals surface area contributed by atoms with Crippen LogP contribution in [0.2, 0.25) is 5.02 Å². The molecular weight excluding hydrogens is 524 g/mol. The quantitative estimate of drug-likeness (QED) is 0.388. The number of hydrogen-bond donors (Lipinski definition) is 1. The highest BCUT2D eigenvalue weighted by Gasteiger charge is 2.34. The first-order valence-corrected chi connectivity index (χ1v) is 11.5. The molecule has 0 spiro atoms. The SMILES string of the molecule is COc1cc(/C=C2\SC(=S)N(NC(=O)c3ccccc3Cl)C2=O)cc(Br)c1OC(C)C. The van der Waals surface area contributed by atoms with Crippen LogP contribution in [-0.2, 0) is 4.79 Å². The van der Waals surface area contributed by atoms with Crippen molar-refractivity contribution in [1.82, 2.24) is 10.4 Å². The van der Waals surface area contributed by atoms with E-state index < -0.39 is 11.8 Å². The number of amides is 2. The summed E-state index contributed by atoms with van der Waals surface area (Å²) in [5, 5.41) is 1.32. The van der Waals surface area contributed by atoms with E-state index >= 15 is 0 Å². The maximum absolute atomic E-state index is 12.9. The highest BCUT2D eigenvalue weighted by molar-refractivity contribution is 9.10. The summed E-state index contributed by atoms with van der Waals surface area (Å²) in [6.07, 6.45) is 1.64. The monoisotopic (exact) mass is 540 g/mol. The van der Waals surface area contributed by atoms with Crippen LogP contribution in [0.4, 0.5) is 0 Å². The lowest BCUT2D eigenvalue weighted by atomic mass is 10.2. The standard InChI is InChI=1S/C21H18BrClN2O4S2/c1-11(2)29-18-14(22)8-12(9-16(18)28-3)10-17-20(27)25(21(30)31-17)24-19(26)13-6-4-5-7-15(13)23/h4-11H,1-3H3,(H,24,26)/b17-10-. The van der Waals surface area contributed by atoms with Crippen LogP contribution in [0.25, 0.3) is 6.08 Å². The number of halogens is 2. The summed E-state index contributed by atoms with van der Waals surface area (Å²) in [6, 6.07) is 10.1. The second kappa shape index (κ2) is 10.0. The molecule has 0 bridgehead atoms. The molecule has 162 valence electrons. The Hall–Kier alpha value is -2.07. The van der Waals surface area contributed by atoms with Crippen LogP contribution in [0.15, 0.2) is 45.8 Å². The summed E-state index contributed by atoms with van der Waals surface area (Å²) >= 11 is 15.9. The maximum atomic E-state index is 12.9. The number of nitrogens with zero attached hydrogens (tertiary/aromatic N) is 1. The van der Waals surface area contributed by atoms with Gasteiger partial charge in [0.25, 0.3) is 11.8 Å². The van der Waals surface area contributed by atoms with E-state index in [1.807, 2.05) is 19.9 Å². The minimum atomic E-state index is -0.525. The van der Waals surface area contributed by atoms with Crippen LogP contribution >= 0.6 is 51.5 Å². The Morgan fingerprint density at radius 2 is 2.03 bits per heavy atom. The molecule has 31 heavy (non-hydrogen) atoms. The van der Waals surface area contributed by atoms with Gasteiger partial charge in [-0.15, -0.1) is 0 Å². The van der Waals surface area contributed by atoms with Crippen LogP contribution in [0.5, 0.6) is 11.5 Å². The molecule has 1 aliphatic heterocycles. The highest BCUT2D eigenvalue weighted by Crippen LogP contribution is 2.39. The van der Waals surface area contributed by atoms with E-state index in [4.69, 9.17) is 33.3 Å². The van der Waals surface area contributed by atoms with Crippen molar-refractivity contribution in [3.05, 3.63) is 61.9 Å². The molecular formula is C21H18BrClN2O4S2. The molecule has 0 atom stereocenters. The predicted octanol–water partition coefficient (Wildman–Crippen LogP) is 5.44. The molecule has 1 saturated heterocycles. The van der Waals surface area contributed by atoms with Gasteiger partial charge in [-0.05, 0) is 77.9 Å². The number of methoxy groups -OCH3 is 1. The summed E-state index contributed by atoms with van der Waals surface area (Å²) in [7, 11) is 1.54. The van der Waals surface area contributed by atoms with Crippen molar-refractivity contribution >= 4 is 73.7 Å². The van der Waals surface area contributed by atoms with Gasteiger partial charge in [-0.25, -0.2) is 0 Å². The van der Waals surface area contributed by atoms with Gasteiger partial charge in [0.1, 0.15) is 0 Å². The van der Waals surface area contributed by atoms with E-state index in [2.05, 4.69) is 21.4 Å². The Morgan fingerprint density at radius 1 is 1.32 bits per heavy atom. The second-order valence-corrected chi connectivity index (χ2v) is 9.58. The fourth-order valence-electron chi connectivity index (χ4n) is 2.70. The zero-order valence-corrected chi connectivity index (χ0v) is 20.7. The molecule has 10 heteroatoms. The molecule has 2 amide bonds. The first-order chi connectivity index (χ1) is 14.7. The van der Waals surface area contributed by atoms with Gasteiger partial charge in [-0.2, -0.15) is 5.01 Å². The number of ether oxygens (including phenoxy) is 2. The molecule has 1 N–H and O–H groups in total. The van der Waals surface area contributed by atoms with E-state index in [1.165, 1.54) is 0 Å². The van der Waals surface area contributed by atoms with Gasteiger partial charge < -0.3 is 9.47 Å². The van der Waals surface area contributed by atoms with Gasteiger partial charge >= 0.3 is 0 Å². The van der Waals surface area contributed by atoms with Crippen LogP contribution < -0.4 is 14.9 Å². The van der Waals surface area contributed by atoms with Crippen LogP contribution in [0.1, 0.15) is 29.8 Å². The Morgan fingerprint density at radius 3 is 2.68 bits per heavy atom. The fourth-order valence-corrected chi connectivity index (χ4v) is 4.65. The van der Waals surface area contributed by atoms with Gasteiger partial charge in [-0.3, -0.25) is 15.0 Å². The Labute approximate surface area is 203 Å². The lowest BCUT2D eigenvalue weighted by Crippen LogP contribution is -2.44. The molecule has 0 aliphatic carbocycles. The third-order valence-corrected chi connectivity index (χ3v) is 6.25. The van der Waals surface area contributed by atoms with Gasteiger partial charge in [-0.1, -0.05) is 35.5 Å². The number of hydrogen-bond acceptors (Lipinski definition) is 6. The predicted molar refractivity (Wildman–Crippen MR) is 130 cm³/mol. The van der Waals surface area contributed by atoms with E-state index in [0.29, 0.717) is 26.4 Å². The largest absolute Gasteiger partial charge is 0.493 e. The smallest absolute Gasteiger partial charge is 0.285 e. The summed E-state index contributed by atoms with van der Waals surface area (Å²) in [5.41, 5.74) is 3.47. The van der Waals surface area contributed by atoms with E-state index in [9.17, 15) is 9.59 Å². The van der Waals surface area contributed by atoms with Crippen molar-refractivity contribution in [3.8, 4) is 11.5 Å². The number of carbonyl (C=O) groups excluding carboxylic acids is 2. The third kappa shape index (κ3) is 5.41. The zero-order valence-electron chi connectivity index (χ0n) is 16.8. The first-order valence-electron chi connectivity index (χ1n) is 9.09. The zero-order chi connectivity index (χ0) is 22.7. The van der Waals surface area contributed by atoms with Crippen molar-refractivity contribution in [2.75, 3.05) is 7.11 Å². The van der Waals surface area contributed by atoms with Gasteiger partial charge in [0, 0.05) is 0 Å². The Kier molecular flexibility index (Phi) is 7.64. The molecule has 0 aromatic heterocycles. The molecule has 2 aromatic carbocycles. The number of thioether (sulfide) groups is 1. The molecule has 0 radical (unpaired) electrons. The number of benzene rings is 2. The van der Waals surface area contributed by atoms with Crippen molar-refractivity contribution < 1.29 is 19.1 Å². The van der Waals surface area contributed by atoms with Crippen LogP contribution in [-0.4, -0.2) is 34.4 Å². The summed E-state index contributed by atoms with van der Waals surface area (Å²) in [6.45, 7) is 3.84. The minimum Gasteiger partial charge on any atom is -0.493 e. The molecule has 2 aromatic rings. The lowest BCUT2D eigenvalue weighted by Gasteiger charge is -2.16. The summed E-state index contributed by atoms with van der Waals surface area (Å²) < 4.78 is 12.1. The number of rotatable bonds is 6. The maximum Gasteiger partial charge on any atom is 0.285 e. The average Bonchev–Trinajstić information content (AvgIpc) is 2.97. The number of carbonyl (C=O) groups is 2. The minimum absolute atomic E-state index is 0.0333. The van der Waals surface area contributed by atoms with Crippen molar-refractivity contribution in [2.24, 2.45) is 0 Å². The van der Waals surface area contributed by atoms with Gasteiger partial charge in [0.2, 0.25) is 0 Å². The summed E-state index contributed by atoms with van der Waals surface area (Å²) in [5.74, 6) is 0.141. The van der Waals surface area contributed by atoms with E-state index in [-0.39, 0.29) is 21.0 Å². The molecule has 1 heterocycles. The van der Waals surface area contributed by atoms with Gasteiger partial charge in [0.05, 0.1) is 33.2 Å². The number of hydrazine groups is 1. The normalized spacial score (nSPS) is 15.0. The Bertz CT molecular complexity index is 1090. The molecule has 6 nitrogen and oxygen atoms in total. The molecule has 0 saturated carbocycles. The fraction of sp³-hybridized carbons (Fsp3) is 0.190. The highest BCUT2D eigenvalue weighted by atomic mass is 79.9. The van der Waals surface area contributed by atoms with E-state index in [0.717, 1.165) is 16.8 Å². The number of thiocarbonyl (C=S) groups is 1. The second-order valence-electron chi connectivity index (χ2n) is 6.64. The van der Waals surface area contributed by atoms with Crippen molar-refractivity contribution in [3.63, 3.8) is 0 Å². The summed E-state index contributed by atoms with van der Waals surface area (Å²) in [4.78, 5) is 25.7. The molecule has 3 rings (SSSR count).